The minimum Gasteiger partial charge on any atom is -0.394 e. The van der Waals surface area contributed by atoms with Gasteiger partial charge in [-0.2, -0.15) is 0 Å². The third-order valence-electron chi connectivity index (χ3n) is 3.41. The molecule has 0 aromatic heterocycles. The first-order chi connectivity index (χ1) is 10.3. The molecule has 2 unspecified atom stereocenters. The fourth-order valence-corrected chi connectivity index (χ4v) is 2.43. The zero-order valence-electron chi connectivity index (χ0n) is 13.3. The van der Waals surface area contributed by atoms with E-state index >= 15 is 0 Å². The number of aliphatic hydroxyl groups excluding tert-OH is 1. The van der Waals surface area contributed by atoms with Crippen molar-refractivity contribution in [2.75, 3.05) is 6.61 Å². The summed E-state index contributed by atoms with van der Waals surface area (Å²) in [6.45, 7) is 5.69. The maximum atomic E-state index is 12.3. The zero-order chi connectivity index (χ0) is 16.7. The highest BCUT2D eigenvalue weighted by Gasteiger charge is 2.20. The maximum Gasteiger partial charge on any atom is 0.221 e. The van der Waals surface area contributed by atoms with Crippen LogP contribution in [0, 0.1) is 11.8 Å². The van der Waals surface area contributed by atoms with Crippen LogP contribution in [0.1, 0.15) is 44.0 Å². The van der Waals surface area contributed by atoms with Crippen molar-refractivity contribution in [3.63, 3.8) is 0 Å². The van der Waals surface area contributed by atoms with Crippen LogP contribution < -0.4 is 5.32 Å². The van der Waals surface area contributed by atoms with Crippen molar-refractivity contribution in [1.29, 1.82) is 0 Å². The molecule has 2 N–H and O–H groups in total. The number of halogens is 1. The van der Waals surface area contributed by atoms with Gasteiger partial charge in [0, 0.05) is 22.9 Å². The Morgan fingerprint density at radius 1 is 1.18 bits per heavy atom. The predicted molar refractivity (Wildman–Crippen MR) is 88.0 cm³/mol. The average molecular weight is 326 g/mol. The molecule has 2 atom stereocenters. The van der Waals surface area contributed by atoms with E-state index in [0.717, 1.165) is 0 Å². The highest BCUT2D eigenvalue weighted by Crippen LogP contribution is 2.15. The van der Waals surface area contributed by atoms with E-state index in [1.807, 2.05) is 13.8 Å². The first-order valence-corrected chi connectivity index (χ1v) is 7.91. The summed E-state index contributed by atoms with van der Waals surface area (Å²) in [6, 6.07) is 6.38. The standard InChI is InChI=1S/C17H24ClNO3/c1-11(2)8-15(10-20)19-16(21)9-12(3)17(22)13-4-6-14(18)7-5-13/h4-7,11-12,15,20H,8-10H2,1-3H3,(H,19,21). The summed E-state index contributed by atoms with van der Waals surface area (Å²) >= 11 is 5.80. The van der Waals surface area contributed by atoms with Crippen LogP contribution in [0.15, 0.2) is 24.3 Å². The molecule has 1 amide bonds. The second-order valence-electron chi connectivity index (χ2n) is 6.05. The lowest BCUT2D eigenvalue weighted by Crippen LogP contribution is -2.39. The lowest BCUT2D eigenvalue weighted by Gasteiger charge is -2.19. The quantitative estimate of drug-likeness (QED) is 0.722. The maximum absolute atomic E-state index is 12.3. The van der Waals surface area contributed by atoms with Crippen LogP contribution >= 0.6 is 11.6 Å². The van der Waals surface area contributed by atoms with Crippen molar-refractivity contribution in [3.8, 4) is 0 Å². The number of aliphatic hydroxyl groups is 1. The van der Waals surface area contributed by atoms with E-state index in [-0.39, 0.29) is 30.8 Å². The van der Waals surface area contributed by atoms with E-state index in [2.05, 4.69) is 5.32 Å². The third-order valence-corrected chi connectivity index (χ3v) is 3.66. The molecule has 0 aliphatic carbocycles. The molecule has 0 spiro atoms. The summed E-state index contributed by atoms with van der Waals surface area (Å²) < 4.78 is 0. The lowest BCUT2D eigenvalue weighted by molar-refractivity contribution is -0.122. The number of hydrogen-bond acceptors (Lipinski definition) is 3. The van der Waals surface area contributed by atoms with Crippen molar-refractivity contribution in [2.24, 2.45) is 11.8 Å². The summed E-state index contributed by atoms with van der Waals surface area (Å²) in [5.74, 6) is -0.337. The van der Waals surface area contributed by atoms with Gasteiger partial charge in [-0.05, 0) is 36.6 Å². The second kappa shape index (κ2) is 8.91. The molecule has 0 aliphatic rings. The fourth-order valence-electron chi connectivity index (χ4n) is 2.30. The summed E-state index contributed by atoms with van der Waals surface area (Å²) in [5.41, 5.74) is 0.547. The molecule has 0 radical (unpaired) electrons. The van der Waals surface area contributed by atoms with Crippen LogP contribution in [-0.2, 0) is 4.79 Å². The fraction of sp³-hybridized carbons (Fsp3) is 0.529. The molecule has 122 valence electrons. The van der Waals surface area contributed by atoms with Gasteiger partial charge >= 0.3 is 0 Å². The van der Waals surface area contributed by atoms with Gasteiger partial charge in [0.25, 0.3) is 0 Å². The van der Waals surface area contributed by atoms with Crippen LogP contribution in [0.2, 0.25) is 5.02 Å². The van der Waals surface area contributed by atoms with Crippen molar-refractivity contribution in [2.45, 2.75) is 39.7 Å². The first kappa shape index (κ1) is 18.7. The van der Waals surface area contributed by atoms with E-state index in [1.165, 1.54) is 0 Å². The predicted octanol–water partition coefficient (Wildman–Crippen LogP) is 3.07. The second-order valence-corrected chi connectivity index (χ2v) is 6.49. The summed E-state index contributed by atoms with van der Waals surface area (Å²) in [5, 5.41) is 12.6. The SMILES string of the molecule is CC(C)CC(CO)NC(=O)CC(C)C(=O)c1ccc(Cl)cc1. The summed E-state index contributed by atoms with van der Waals surface area (Å²) in [4.78, 5) is 24.3. The Hall–Kier alpha value is -1.39. The summed E-state index contributed by atoms with van der Waals surface area (Å²) in [7, 11) is 0. The Labute approximate surface area is 136 Å². The molecule has 4 nitrogen and oxygen atoms in total. The van der Waals surface area contributed by atoms with Gasteiger partial charge in [0.15, 0.2) is 5.78 Å². The number of ketones is 1. The minimum absolute atomic E-state index is 0.0868. The van der Waals surface area contributed by atoms with Crippen molar-refractivity contribution in [3.05, 3.63) is 34.9 Å². The van der Waals surface area contributed by atoms with Crippen molar-refractivity contribution < 1.29 is 14.7 Å². The van der Waals surface area contributed by atoms with E-state index < -0.39 is 5.92 Å². The third kappa shape index (κ3) is 6.16. The molecule has 0 aliphatic heterocycles. The van der Waals surface area contributed by atoms with Crippen LogP contribution in [0.5, 0.6) is 0 Å². The van der Waals surface area contributed by atoms with Gasteiger partial charge in [-0.3, -0.25) is 9.59 Å². The minimum atomic E-state index is -0.417. The molecule has 1 rings (SSSR count). The Bertz CT molecular complexity index is 499. The molecule has 0 saturated carbocycles. The monoisotopic (exact) mass is 325 g/mol. The van der Waals surface area contributed by atoms with Crippen LogP contribution in [-0.4, -0.2) is 29.4 Å². The zero-order valence-corrected chi connectivity index (χ0v) is 14.1. The number of benzene rings is 1. The topological polar surface area (TPSA) is 66.4 Å². The summed E-state index contributed by atoms with van der Waals surface area (Å²) in [6.07, 6.45) is 0.817. The van der Waals surface area contributed by atoms with Gasteiger partial charge in [0.05, 0.1) is 12.6 Å². The number of rotatable bonds is 8. The Kier molecular flexibility index (Phi) is 7.56. The van der Waals surface area contributed by atoms with Gasteiger partial charge < -0.3 is 10.4 Å². The van der Waals surface area contributed by atoms with Crippen LogP contribution in [0.25, 0.3) is 0 Å². The molecular weight excluding hydrogens is 302 g/mol. The molecule has 22 heavy (non-hydrogen) atoms. The van der Waals surface area contributed by atoms with Crippen molar-refractivity contribution in [1.82, 2.24) is 5.32 Å². The number of amides is 1. The Morgan fingerprint density at radius 2 is 1.77 bits per heavy atom. The molecule has 0 heterocycles. The Balaban J connectivity index is 2.56. The van der Waals surface area contributed by atoms with Gasteiger partial charge in [0.1, 0.15) is 0 Å². The molecular formula is C17H24ClNO3. The lowest BCUT2D eigenvalue weighted by atomic mass is 9.95. The molecule has 1 aromatic rings. The van der Waals surface area contributed by atoms with E-state index in [1.54, 1.807) is 31.2 Å². The molecule has 0 bridgehead atoms. The van der Waals surface area contributed by atoms with Crippen LogP contribution in [0.4, 0.5) is 0 Å². The normalized spacial score (nSPS) is 13.7. The highest BCUT2D eigenvalue weighted by atomic mass is 35.5. The van der Waals surface area contributed by atoms with Crippen molar-refractivity contribution >= 4 is 23.3 Å². The van der Waals surface area contributed by atoms with Gasteiger partial charge in [-0.15, -0.1) is 0 Å². The number of carbonyl (C=O) groups excluding carboxylic acids is 2. The van der Waals surface area contributed by atoms with Gasteiger partial charge in [0.2, 0.25) is 5.91 Å². The molecule has 1 aromatic carbocycles. The van der Waals surface area contributed by atoms with E-state index in [9.17, 15) is 14.7 Å². The molecule has 5 heteroatoms. The first-order valence-electron chi connectivity index (χ1n) is 7.53. The van der Waals surface area contributed by atoms with Gasteiger partial charge in [-0.25, -0.2) is 0 Å². The van der Waals surface area contributed by atoms with E-state index in [0.29, 0.717) is 22.9 Å². The average Bonchev–Trinajstić information content (AvgIpc) is 2.45. The Morgan fingerprint density at radius 3 is 2.27 bits per heavy atom. The van der Waals surface area contributed by atoms with Gasteiger partial charge in [-0.1, -0.05) is 32.4 Å². The van der Waals surface area contributed by atoms with Crippen LogP contribution in [0.3, 0.4) is 0 Å². The number of Topliss-reactive ketones (excluding diaryl/α,β-unsaturated/α-hetero) is 1. The molecule has 0 saturated heterocycles. The van der Waals surface area contributed by atoms with E-state index in [4.69, 9.17) is 11.6 Å². The highest BCUT2D eigenvalue weighted by molar-refractivity contribution is 6.30. The molecule has 0 fully saturated rings. The smallest absolute Gasteiger partial charge is 0.221 e. The number of hydrogen-bond donors (Lipinski definition) is 2. The number of nitrogens with one attached hydrogen (secondary N) is 1. The largest absolute Gasteiger partial charge is 0.394 e. The number of carbonyl (C=O) groups is 2.